The lowest BCUT2D eigenvalue weighted by atomic mass is 10.1. The summed E-state index contributed by atoms with van der Waals surface area (Å²) >= 11 is 0. The summed E-state index contributed by atoms with van der Waals surface area (Å²) in [6.07, 6.45) is 1.15. The molecule has 0 aliphatic rings. The Kier molecular flexibility index (Phi) is 6.30. The van der Waals surface area contributed by atoms with Crippen LogP contribution in [0.15, 0.2) is 54.6 Å². The molecule has 0 spiro atoms. The number of benzene rings is 2. The third-order valence-corrected chi connectivity index (χ3v) is 4.14. The number of hydrogen-bond acceptors (Lipinski definition) is 5. The first-order valence-corrected chi connectivity index (χ1v) is 9.64. The lowest BCUT2D eigenvalue weighted by Crippen LogP contribution is -2.30. The van der Waals surface area contributed by atoms with Gasteiger partial charge in [-0.3, -0.25) is 9.59 Å². The molecule has 2 aromatic rings. The minimum atomic E-state index is -3.12. The highest BCUT2D eigenvalue weighted by Crippen LogP contribution is 2.08. The van der Waals surface area contributed by atoms with Crippen LogP contribution in [0.5, 0.6) is 0 Å². The molecule has 25 heavy (non-hydrogen) atoms. The van der Waals surface area contributed by atoms with E-state index in [1.165, 1.54) is 12.1 Å². The topological polar surface area (TPSA) is 89.5 Å². The monoisotopic (exact) mass is 361 g/mol. The molecular formula is C18H19NO5S. The molecule has 132 valence electrons. The molecule has 0 saturated heterocycles. The predicted octanol–water partition coefficient (Wildman–Crippen LogP) is 1.70. The van der Waals surface area contributed by atoms with E-state index >= 15 is 0 Å². The molecular weight excluding hydrogens is 342 g/mol. The van der Waals surface area contributed by atoms with Gasteiger partial charge in [0.15, 0.2) is 9.84 Å². The second-order valence-electron chi connectivity index (χ2n) is 5.60. The Balaban J connectivity index is 1.80. The highest BCUT2D eigenvalue weighted by molar-refractivity contribution is 7.89. The van der Waals surface area contributed by atoms with Gasteiger partial charge in [-0.2, -0.15) is 0 Å². The Labute approximate surface area is 146 Å². The summed E-state index contributed by atoms with van der Waals surface area (Å²) in [5.41, 5.74) is 1.80. The zero-order valence-corrected chi connectivity index (χ0v) is 14.6. The predicted molar refractivity (Wildman–Crippen MR) is 93.6 cm³/mol. The van der Waals surface area contributed by atoms with Crippen molar-refractivity contribution < 1.29 is 22.7 Å². The number of ether oxygens (including phenoxy) is 1. The first-order chi connectivity index (χ1) is 11.8. The van der Waals surface area contributed by atoms with Gasteiger partial charge >= 0.3 is 5.97 Å². The molecule has 0 atom stereocenters. The van der Waals surface area contributed by atoms with Crippen LogP contribution in [0.2, 0.25) is 0 Å². The number of rotatable bonds is 7. The quantitative estimate of drug-likeness (QED) is 0.758. The van der Waals surface area contributed by atoms with Gasteiger partial charge in [-0.05, 0) is 23.3 Å². The Morgan fingerprint density at radius 3 is 2.20 bits per heavy atom. The van der Waals surface area contributed by atoms with Crippen LogP contribution >= 0.6 is 0 Å². The van der Waals surface area contributed by atoms with E-state index in [9.17, 15) is 18.0 Å². The van der Waals surface area contributed by atoms with Crippen LogP contribution in [0.1, 0.15) is 21.5 Å². The van der Waals surface area contributed by atoms with Crippen LogP contribution in [0.25, 0.3) is 0 Å². The van der Waals surface area contributed by atoms with E-state index in [4.69, 9.17) is 4.74 Å². The summed E-state index contributed by atoms with van der Waals surface area (Å²) in [7, 11) is -3.12. The van der Waals surface area contributed by atoms with E-state index in [2.05, 4.69) is 5.32 Å². The molecule has 0 aromatic heterocycles. The summed E-state index contributed by atoms with van der Waals surface area (Å²) in [4.78, 5) is 23.6. The van der Waals surface area contributed by atoms with Crippen LogP contribution in [0.4, 0.5) is 0 Å². The average Bonchev–Trinajstić information content (AvgIpc) is 2.58. The number of sulfone groups is 1. The van der Waals surface area contributed by atoms with Gasteiger partial charge in [-0.15, -0.1) is 0 Å². The van der Waals surface area contributed by atoms with Crippen LogP contribution in [-0.4, -0.2) is 33.1 Å². The maximum atomic E-state index is 12.0. The summed E-state index contributed by atoms with van der Waals surface area (Å²) in [6.45, 7) is -0.0908. The van der Waals surface area contributed by atoms with Crippen LogP contribution in [-0.2, 0) is 31.7 Å². The van der Waals surface area contributed by atoms with E-state index in [1.54, 1.807) is 12.1 Å². The van der Waals surface area contributed by atoms with Gasteiger partial charge in [-0.25, -0.2) is 8.42 Å². The summed E-state index contributed by atoms with van der Waals surface area (Å²) < 4.78 is 27.5. The van der Waals surface area contributed by atoms with Crippen LogP contribution in [0.3, 0.4) is 0 Å². The van der Waals surface area contributed by atoms with Crippen molar-refractivity contribution in [1.82, 2.24) is 5.32 Å². The second-order valence-corrected chi connectivity index (χ2v) is 7.74. The molecule has 1 amide bonds. The number of carbonyl (C=O) groups excluding carboxylic acids is 2. The van der Waals surface area contributed by atoms with Crippen molar-refractivity contribution in [1.29, 1.82) is 0 Å². The van der Waals surface area contributed by atoms with Crippen LogP contribution in [0, 0.1) is 0 Å². The first kappa shape index (κ1) is 18.7. The highest BCUT2D eigenvalue weighted by atomic mass is 32.2. The summed E-state index contributed by atoms with van der Waals surface area (Å²) in [6, 6.07) is 15.4. The van der Waals surface area contributed by atoms with Crippen molar-refractivity contribution in [2.75, 3.05) is 12.8 Å². The molecule has 0 aliphatic carbocycles. The highest BCUT2D eigenvalue weighted by Gasteiger charge is 2.10. The molecule has 2 rings (SSSR count). The standard InChI is InChI=1S/C18H19NO5S/c1-25(22,23)13-15-7-9-16(10-8-15)18(21)19-11-17(20)24-12-14-5-3-2-4-6-14/h2-10H,11-13H2,1H3,(H,19,21). The molecule has 1 N–H and O–H groups in total. The lowest BCUT2D eigenvalue weighted by Gasteiger charge is -2.07. The van der Waals surface area contributed by atoms with Crippen molar-refractivity contribution in [3.63, 3.8) is 0 Å². The van der Waals surface area contributed by atoms with E-state index in [1.807, 2.05) is 30.3 Å². The van der Waals surface area contributed by atoms with E-state index in [0.717, 1.165) is 11.8 Å². The van der Waals surface area contributed by atoms with Gasteiger partial charge in [0.1, 0.15) is 13.2 Å². The Bertz CT molecular complexity index is 830. The second kappa shape index (κ2) is 8.43. The molecule has 0 saturated carbocycles. The summed E-state index contributed by atoms with van der Waals surface area (Å²) in [5, 5.41) is 2.47. The van der Waals surface area contributed by atoms with Gasteiger partial charge < -0.3 is 10.1 Å². The molecule has 6 nitrogen and oxygen atoms in total. The minimum Gasteiger partial charge on any atom is -0.460 e. The Hall–Kier alpha value is -2.67. The number of amides is 1. The smallest absolute Gasteiger partial charge is 0.325 e. The largest absolute Gasteiger partial charge is 0.460 e. The number of esters is 1. The average molecular weight is 361 g/mol. The van der Waals surface area contributed by atoms with Crippen molar-refractivity contribution >= 4 is 21.7 Å². The number of nitrogens with one attached hydrogen (secondary N) is 1. The van der Waals surface area contributed by atoms with Crippen molar-refractivity contribution in [2.45, 2.75) is 12.4 Å². The van der Waals surface area contributed by atoms with E-state index < -0.39 is 21.7 Å². The lowest BCUT2D eigenvalue weighted by molar-refractivity contribution is -0.143. The van der Waals surface area contributed by atoms with Gasteiger partial charge in [0.25, 0.3) is 5.91 Å². The van der Waals surface area contributed by atoms with Gasteiger partial charge in [0, 0.05) is 11.8 Å². The molecule has 0 unspecified atom stereocenters. The van der Waals surface area contributed by atoms with E-state index in [-0.39, 0.29) is 18.9 Å². The zero-order chi connectivity index (χ0) is 18.3. The molecule has 0 bridgehead atoms. The molecule has 7 heteroatoms. The van der Waals surface area contributed by atoms with Gasteiger partial charge in [-0.1, -0.05) is 42.5 Å². The molecule has 0 radical (unpaired) electrons. The molecule has 0 heterocycles. The Morgan fingerprint density at radius 1 is 0.960 bits per heavy atom. The molecule has 0 aliphatic heterocycles. The first-order valence-electron chi connectivity index (χ1n) is 7.58. The van der Waals surface area contributed by atoms with Gasteiger partial charge in [0.2, 0.25) is 0 Å². The third-order valence-electron chi connectivity index (χ3n) is 3.28. The maximum absolute atomic E-state index is 12.0. The number of hydrogen-bond donors (Lipinski definition) is 1. The van der Waals surface area contributed by atoms with Crippen molar-refractivity contribution in [3.8, 4) is 0 Å². The van der Waals surface area contributed by atoms with Crippen LogP contribution < -0.4 is 5.32 Å². The maximum Gasteiger partial charge on any atom is 0.325 e. The van der Waals surface area contributed by atoms with Crippen molar-refractivity contribution in [2.24, 2.45) is 0 Å². The Morgan fingerprint density at radius 2 is 1.60 bits per heavy atom. The van der Waals surface area contributed by atoms with Gasteiger partial charge in [0.05, 0.1) is 5.75 Å². The fourth-order valence-corrected chi connectivity index (χ4v) is 2.90. The fraction of sp³-hybridized carbons (Fsp3) is 0.222. The molecule has 0 fully saturated rings. The summed E-state index contributed by atoms with van der Waals surface area (Å²) in [5.74, 6) is -1.05. The fourth-order valence-electron chi connectivity index (χ4n) is 2.10. The minimum absolute atomic E-state index is 0.0826. The SMILES string of the molecule is CS(=O)(=O)Cc1ccc(C(=O)NCC(=O)OCc2ccccc2)cc1. The number of carbonyl (C=O) groups is 2. The third kappa shape index (κ3) is 6.76. The zero-order valence-electron chi connectivity index (χ0n) is 13.8. The van der Waals surface area contributed by atoms with Crippen molar-refractivity contribution in [3.05, 3.63) is 71.3 Å². The normalized spacial score (nSPS) is 10.9. The molecule has 2 aromatic carbocycles. The van der Waals surface area contributed by atoms with E-state index in [0.29, 0.717) is 11.1 Å².